The van der Waals surface area contributed by atoms with Crippen molar-refractivity contribution in [1.82, 2.24) is 0 Å². The highest BCUT2D eigenvalue weighted by Crippen LogP contribution is 2.34. The molecule has 2 nitrogen and oxygen atoms in total. The van der Waals surface area contributed by atoms with Crippen molar-refractivity contribution < 1.29 is 9.84 Å². The van der Waals surface area contributed by atoms with Crippen molar-refractivity contribution in [2.24, 2.45) is 0 Å². The van der Waals surface area contributed by atoms with E-state index in [-0.39, 0.29) is 6.10 Å². The zero-order valence-corrected chi connectivity index (χ0v) is 9.67. The van der Waals surface area contributed by atoms with Crippen molar-refractivity contribution in [3.05, 3.63) is 29.1 Å². The van der Waals surface area contributed by atoms with Gasteiger partial charge in [0.05, 0.1) is 13.2 Å². The zero-order valence-electron chi connectivity index (χ0n) is 8.86. The molecule has 0 amide bonds. The number of methoxy groups -OCH3 is 1. The molecule has 15 heavy (non-hydrogen) atoms. The van der Waals surface area contributed by atoms with Gasteiger partial charge in [0.25, 0.3) is 0 Å². The maximum Gasteiger partial charge on any atom is 0.127 e. The number of thiophene rings is 1. The fourth-order valence-electron chi connectivity index (χ4n) is 1.76. The molecule has 1 N–H and O–H groups in total. The fourth-order valence-corrected chi connectivity index (χ4v) is 2.75. The van der Waals surface area contributed by atoms with Crippen LogP contribution in [0.2, 0.25) is 0 Å². The Labute approximate surface area is 93.1 Å². The van der Waals surface area contributed by atoms with Crippen LogP contribution in [-0.2, 0) is 6.42 Å². The Morgan fingerprint density at radius 1 is 1.47 bits per heavy atom. The molecule has 1 heterocycles. The average Bonchev–Trinajstić information content (AvgIpc) is 2.61. The van der Waals surface area contributed by atoms with Gasteiger partial charge in [0.1, 0.15) is 5.75 Å². The van der Waals surface area contributed by atoms with Gasteiger partial charge in [0.2, 0.25) is 0 Å². The maximum absolute atomic E-state index is 9.41. The summed E-state index contributed by atoms with van der Waals surface area (Å²) in [7, 11) is 1.68. The smallest absolute Gasteiger partial charge is 0.127 e. The molecule has 0 aliphatic heterocycles. The summed E-state index contributed by atoms with van der Waals surface area (Å²) in [6.07, 6.45) is 0.369. The van der Waals surface area contributed by atoms with Crippen LogP contribution >= 0.6 is 11.3 Å². The molecule has 80 valence electrons. The molecule has 2 aromatic rings. The number of benzene rings is 1. The van der Waals surface area contributed by atoms with E-state index in [1.54, 1.807) is 25.4 Å². The summed E-state index contributed by atoms with van der Waals surface area (Å²) in [5, 5.41) is 12.7. The molecule has 0 saturated carbocycles. The lowest BCUT2D eigenvalue weighted by Gasteiger charge is -2.06. The van der Waals surface area contributed by atoms with Crippen molar-refractivity contribution in [2.45, 2.75) is 19.4 Å². The van der Waals surface area contributed by atoms with Gasteiger partial charge in [-0.15, -0.1) is 11.3 Å². The SMILES string of the molecule is COc1cccc2scc(CC(C)O)c12. The minimum Gasteiger partial charge on any atom is -0.496 e. The second kappa shape index (κ2) is 4.21. The maximum atomic E-state index is 9.41. The second-order valence-electron chi connectivity index (χ2n) is 3.65. The van der Waals surface area contributed by atoms with E-state index in [9.17, 15) is 5.11 Å². The molecule has 2 rings (SSSR count). The number of ether oxygens (including phenoxy) is 1. The molecule has 1 aromatic carbocycles. The van der Waals surface area contributed by atoms with Gasteiger partial charge < -0.3 is 9.84 Å². The third-order valence-corrected chi connectivity index (χ3v) is 3.37. The largest absolute Gasteiger partial charge is 0.496 e. The molecule has 0 fully saturated rings. The van der Waals surface area contributed by atoms with Gasteiger partial charge in [-0.3, -0.25) is 0 Å². The lowest BCUT2D eigenvalue weighted by atomic mass is 10.1. The first-order chi connectivity index (χ1) is 7.22. The average molecular weight is 222 g/mol. The highest BCUT2D eigenvalue weighted by molar-refractivity contribution is 7.17. The standard InChI is InChI=1S/C12H14O2S/c1-8(13)6-9-7-15-11-5-3-4-10(14-2)12(9)11/h3-5,7-8,13H,6H2,1-2H3. The van der Waals surface area contributed by atoms with Gasteiger partial charge in [-0.1, -0.05) is 6.07 Å². The topological polar surface area (TPSA) is 29.5 Å². The third-order valence-electron chi connectivity index (χ3n) is 2.37. The number of rotatable bonds is 3. The van der Waals surface area contributed by atoms with Crippen molar-refractivity contribution in [3.8, 4) is 5.75 Å². The van der Waals surface area contributed by atoms with Crippen LogP contribution in [0.1, 0.15) is 12.5 Å². The van der Waals surface area contributed by atoms with Crippen LogP contribution in [0, 0.1) is 0 Å². The van der Waals surface area contributed by atoms with Crippen LogP contribution in [0.15, 0.2) is 23.6 Å². The molecular weight excluding hydrogens is 208 g/mol. The summed E-state index contributed by atoms with van der Waals surface area (Å²) in [6, 6.07) is 6.03. The number of aliphatic hydroxyl groups is 1. The van der Waals surface area contributed by atoms with E-state index in [1.807, 2.05) is 12.1 Å². The summed E-state index contributed by atoms with van der Waals surface area (Å²) in [5.41, 5.74) is 1.17. The Hall–Kier alpha value is -1.06. The van der Waals surface area contributed by atoms with Crippen LogP contribution in [0.25, 0.3) is 10.1 Å². The van der Waals surface area contributed by atoms with E-state index in [4.69, 9.17) is 4.74 Å². The van der Waals surface area contributed by atoms with E-state index < -0.39 is 0 Å². The van der Waals surface area contributed by atoms with Crippen LogP contribution < -0.4 is 4.74 Å². The third kappa shape index (κ3) is 1.98. The van der Waals surface area contributed by atoms with Gasteiger partial charge in [0.15, 0.2) is 0 Å². The van der Waals surface area contributed by atoms with Crippen LogP contribution in [0.3, 0.4) is 0 Å². The summed E-state index contributed by atoms with van der Waals surface area (Å²) in [4.78, 5) is 0. The van der Waals surface area contributed by atoms with Crippen LogP contribution in [0.4, 0.5) is 0 Å². The normalized spacial score (nSPS) is 13.0. The van der Waals surface area contributed by atoms with Crippen molar-refractivity contribution >= 4 is 21.4 Å². The minimum atomic E-state index is -0.312. The second-order valence-corrected chi connectivity index (χ2v) is 4.56. The highest BCUT2D eigenvalue weighted by Gasteiger charge is 2.10. The predicted octanol–water partition coefficient (Wildman–Crippen LogP) is 2.83. The molecule has 1 unspecified atom stereocenters. The summed E-state index contributed by atoms with van der Waals surface area (Å²) in [6.45, 7) is 1.80. The van der Waals surface area contributed by atoms with Gasteiger partial charge in [0, 0.05) is 10.1 Å². The Morgan fingerprint density at radius 3 is 2.93 bits per heavy atom. The zero-order chi connectivity index (χ0) is 10.8. The van der Waals surface area contributed by atoms with E-state index >= 15 is 0 Å². The number of hydrogen-bond donors (Lipinski definition) is 1. The molecular formula is C12H14O2S. The summed E-state index contributed by atoms with van der Waals surface area (Å²) < 4.78 is 6.55. The molecule has 1 atom stereocenters. The Kier molecular flexibility index (Phi) is 2.93. The Morgan fingerprint density at radius 2 is 2.27 bits per heavy atom. The Bertz CT molecular complexity index is 460. The first kappa shape index (κ1) is 10.5. The first-order valence-electron chi connectivity index (χ1n) is 4.93. The van der Waals surface area contributed by atoms with E-state index in [2.05, 4.69) is 11.4 Å². The molecule has 3 heteroatoms. The number of fused-ring (bicyclic) bond motifs is 1. The van der Waals surface area contributed by atoms with Crippen molar-refractivity contribution in [2.75, 3.05) is 7.11 Å². The van der Waals surface area contributed by atoms with Crippen molar-refractivity contribution in [1.29, 1.82) is 0 Å². The molecule has 0 aliphatic rings. The molecule has 0 radical (unpaired) electrons. The molecule has 1 aromatic heterocycles. The number of hydrogen-bond acceptors (Lipinski definition) is 3. The monoisotopic (exact) mass is 222 g/mol. The van der Waals surface area contributed by atoms with Gasteiger partial charge in [-0.25, -0.2) is 0 Å². The van der Waals surface area contributed by atoms with Gasteiger partial charge in [-0.05, 0) is 36.4 Å². The summed E-state index contributed by atoms with van der Waals surface area (Å²) >= 11 is 1.69. The van der Waals surface area contributed by atoms with E-state index in [0.29, 0.717) is 6.42 Å². The van der Waals surface area contributed by atoms with Gasteiger partial charge >= 0.3 is 0 Å². The summed E-state index contributed by atoms with van der Waals surface area (Å²) in [5.74, 6) is 0.893. The van der Waals surface area contributed by atoms with Crippen molar-refractivity contribution in [3.63, 3.8) is 0 Å². The van der Waals surface area contributed by atoms with E-state index in [0.717, 1.165) is 11.1 Å². The lowest BCUT2D eigenvalue weighted by Crippen LogP contribution is -2.03. The first-order valence-corrected chi connectivity index (χ1v) is 5.81. The Balaban J connectivity index is 2.55. The van der Waals surface area contributed by atoms with E-state index in [1.165, 1.54) is 10.3 Å². The predicted molar refractivity (Wildman–Crippen MR) is 63.8 cm³/mol. The fraction of sp³-hybridized carbons (Fsp3) is 0.333. The van der Waals surface area contributed by atoms with Gasteiger partial charge in [-0.2, -0.15) is 0 Å². The quantitative estimate of drug-likeness (QED) is 0.865. The molecule has 0 spiro atoms. The highest BCUT2D eigenvalue weighted by atomic mass is 32.1. The van der Waals surface area contributed by atoms with Crippen LogP contribution in [-0.4, -0.2) is 18.3 Å². The molecule has 0 bridgehead atoms. The number of aliphatic hydroxyl groups excluding tert-OH is 1. The molecule has 0 saturated heterocycles. The minimum absolute atomic E-state index is 0.312. The van der Waals surface area contributed by atoms with Crippen LogP contribution in [0.5, 0.6) is 5.75 Å². The lowest BCUT2D eigenvalue weighted by molar-refractivity contribution is 0.196. The molecule has 0 aliphatic carbocycles.